The molecule has 0 aliphatic rings. The van der Waals surface area contributed by atoms with Crippen molar-refractivity contribution in [1.82, 2.24) is 9.97 Å². The number of nitrogens with zero attached hydrogens (tertiary/aromatic N) is 2. The quantitative estimate of drug-likeness (QED) is 0.642. The van der Waals surface area contributed by atoms with E-state index in [9.17, 15) is 0 Å². The van der Waals surface area contributed by atoms with Gasteiger partial charge in [0, 0.05) is 0 Å². The van der Waals surface area contributed by atoms with E-state index in [0.29, 0.717) is 0 Å². The second-order valence-corrected chi connectivity index (χ2v) is 4.39. The Balaban J connectivity index is 2.99. The fourth-order valence-corrected chi connectivity index (χ4v) is 0.849. The molecule has 1 heterocycles. The Morgan fingerprint density at radius 2 is 1.73 bits per heavy atom. The van der Waals surface area contributed by atoms with Crippen LogP contribution in [0.5, 0.6) is 0 Å². The predicted molar refractivity (Wildman–Crippen MR) is 46.3 cm³/mol. The van der Waals surface area contributed by atoms with Crippen LogP contribution in [0.4, 0.5) is 0 Å². The number of halogens is 4. The van der Waals surface area contributed by atoms with Crippen molar-refractivity contribution in [1.29, 1.82) is 0 Å². The molecule has 0 aromatic carbocycles. The Morgan fingerprint density at radius 1 is 1.09 bits per heavy atom. The van der Waals surface area contributed by atoms with Crippen LogP contribution < -0.4 is 0 Å². The van der Waals surface area contributed by atoms with Crippen LogP contribution in [0.15, 0.2) is 12.4 Å². The van der Waals surface area contributed by atoms with Gasteiger partial charge >= 0.3 is 0 Å². The largest absolute Gasteiger partial charge is 0.252 e. The first-order chi connectivity index (χ1) is 5.00. The second kappa shape index (κ2) is 3.31. The smallest absolute Gasteiger partial charge is 0.234 e. The Bertz CT molecular complexity index is 240. The molecular formula is C5H2Cl4N2. The van der Waals surface area contributed by atoms with Crippen LogP contribution in [0.25, 0.3) is 0 Å². The maximum Gasteiger partial charge on any atom is 0.234 e. The molecule has 0 fully saturated rings. The fourth-order valence-electron chi connectivity index (χ4n) is 0.459. The first-order valence-electron chi connectivity index (χ1n) is 2.55. The molecule has 0 N–H and O–H groups in total. The predicted octanol–water partition coefficient (Wildman–Crippen LogP) is 2.96. The highest BCUT2D eigenvalue weighted by molar-refractivity contribution is 6.66. The maximum absolute atomic E-state index is 5.50. The Kier molecular flexibility index (Phi) is 2.81. The molecule has 1 aromatic rings. The normalized spacial score (nSPS) is 11.6. The summed E-state index contributed by atoms with van der Waals surface area (Å²) in [5.74, 6) is 0. The van der Waals surface area contributed by atoms with E-state index in [1.807, 2.05) is 0 Å². The summed E-state index contributed by atoms with van der Waals surface area (Å²) in [5.41, 5.74) is 0.256. The summed E-state index contributed by atoms with van der Waals surface area (Å²) in [7, 11) is 0. The highest BCUT2D eigenvalue weighted by Gasteiger charge is 2.24. The van der Waals surface area contributed by atoms with Crippen molar-refractivity contribution >= 4 is 46.4 Å². The van der Waals surface area contributed by atoms with Crippen molar-refractivity contribution in [2.75, 3.05) is 0 Å². The van der Waals surface area contributed by atoms with E-state index >= 15 is 0 Å². The molecule has 0 spiro atoms. The minimum absolute atomic E-state index is 0.256. The number of aromatic nitrogens is 2. The van der Waals surface area contributed by atoms with Crippen LogP contribution in [0, 0.1) is 0 Å². The molecular weight excluding hydrogens is 230 g/mol. The topological polar surface area (TPSA) is 25.8 Å². The molecule has 0 radical (unpaired) electrons. The lowest BCUT2D eigenvalue weighted by atomic mass is 10.5. The maximum atomic E-state index is 5.50. The summed E-state index contributed by atoms with van der Waals surface area (Å²) >= 11 is 21.9. The molecule has 1 aromatic heterocycles. The van der Waals surface area contributed by atoms with Crippen molar-refractivity contribution in [3.05, 3.63) is 23.2 Å². The van der Waals surface area contributed by atoms with Crippen molar-refractivity contribution in [2.24, 2.45) is 0 Å². The van der Waals surface area contributed by atoms with Gasteiger partial charge in [-0.2, -0.15) is 0 Å². The van der Waals surface area contributed by atoms with Crippen LogP contribution in [0.3, 0.4) is 0 Å². The molecule has 6 heteroatoms. The highest BCUT2D eigenvalue weighted by Crippen LogP contribution is 2.36. The summed E-state index contributed by atoms with van der Waals surface area (Å²) in [6, 6.07) is 0. The third-order valence-corrected chi connectivity index (χ3v) is 1.69. The number of hydrogen-bond donors (Lipinski definition) is 0. The van der Waals surface area contributed by atoms with Gasteiger partial charge in [-0.25, -0.2) is 4.98 Å². The van der Waals surface area contributed by atoms with Crippen molar-refractivity contribution < 1.29 is 0 Å². The zero-order valence-electron chi connectivity index (χ0n) is 5.06. The Hall–Kier alpha value is 0.240. The molecule has 11 heavy (non-hydrogen) atoms. The number of rotatable bonds is 0. The van der Waals surface area contributed by atoms with Gasteiger partial charge in [-0.3, -0.25) is 4.98 Å². The molecule has 0 aliphatic carbocycles. The molecule has 0 saturated carbocycles. The van der Waals surface area contributed by atoms with Crippen molar-refractivity contribution in [2.45, 2.75) is 3.79 Å². The molecule has 60 valence electrons. The fraction of sp³-hybridized carbons (Fsp3) is 0.200. The molecule has 0 aliphatic heterocycles. The minimum Gasteiger partial charge on any atom is -0.252 e. The molecule has 0 saturated heterocycles. The van der Waals surface area contributed by atoms with Gasteiger partial charge < -0.3 is 0 Å². The summed E-state index contributed by atoms with van der Waals surface area (Å²) in [6.07, 6.45) is 2.63. The molecule has 2 nitrogen and oxygen atoms in total. The summed E-state index contributed by atoms with van der Waals surface area (Å²) < 4.78 is -1.53. The van der Waals surface area contributed by atoms with Crippen LogP contribution in [0.2, 0.25) is 5.15 Å². The van der Waals surface area contributed by atoms with E-state index in [-0.39, 0.29) is 10.8 Å². The Labute approximate surface area is 83.4 Å². The minimum atomic E-state index is -1.53. The van der Waals surface area contributed by atoms with Crippen molar-refractivity contribution in [3.8, 4) is 0 Å². The zero-order chi connectivity index (χ0) is 8.48. The van der Waals surface area contributed by atoms with Gasteiger partial charge in [0.25, 0.3) is 0 Å². The number of hydrogen-bond acceptors (Lipinski definition) is 2. The van der Waals surface area contributed by atoms with Gasteiger partial charge in [0.15, 0.2) is 0 Å². The lowest BCUT2D eigenvalue weighted by Crippen LogP contribution is -2.03. The average Bonchev–Trinajstić information content (AvgIpc) is 1.86. The standard InChI is InChI=1S/C5H2Cl4N2/c6-4-2-10-3(1-11-4)5(7,8)9/h1-2H. The zero-order valence-corrected chi connectivity index (χ0v) is 8.08. The summed E-state index contributed by atoms with van der Waals surface area (Å²) in [5, 5.41) is 0.267. The summed E-state index contributed by atoms with van der Waals surface area (Å²) in [4.78, 5) is 7.45. The highest BCUT2D eigenvalue weighted by atomic mass is 35.6. The van der Waals surface area contributed by atoms with Crippen LogP contribution in [-0.2, 0) is 3.79 Å². The van der Waals surface area contributed by atoms with E-state index in [1.165, 1.54) is 12.4 Å². The molecule has 1 rings (SSSR count). The lowest BCUT2D eigenvalue weighted by molar-refractivity contribution is 1.04. The van der Waals surface area contributed by atoms with Crippen LogP contribution >= 0.6 is 46.4 Å². The van der Waals surface area contributed by atoms with Gasteiger partial charge in [-0.15, -0.1) is 0 Å². The van der Waals surface area contributed by atoms with Gasteiger partial charge in [0.1, 0.15) is 10.8 Å². The monoisotopic (exact) mass is 230 g/mol. The van der Waals surface area contributed by atoms with E-state index in [4.69, 9.17) is 46.4 Å². The lowest BCUT2D eigenvalue weighted by Gasteiger charge is -2.07. The van der Waals surface area contributed by atoms with Gasteiger partial charge in [-0.05, 0) is 0 Å². The van der Waals surface area contributed by atoms with Crippen molar-refractivity contribution in [3.63, 3.8) is 0 Å². The third kappa shape index (κ3) is 2.64. The van der Waals surface area contributed by atoms with E-state index in [1.54, 1.807) is 0 Å². The van der Waals surface area contributed by atoms with Crippen LogP contribution in [0.1, 0.15) is 5.69 Å². The second-order valence-electron chi connectivity index (χ2n) is 1.72. The first kappa shape index (κ1) is 9.33. The van der Waals surface area contributed by atoms with E-state index < -0.39 is 3.79 Å². The van der Waals surface area contributed by atoms with E-state index in [2.05, 4.69) is 9.97 Å². The molecule has 0 bridgehead atoms. The van der Waals surface area contributed by atoms with Gasteiger partial charge in [0.05, 0.1) is 12.4 Å². The van der Waals surface area contributed by atoms with E-state index in [0.717, 1.165) is 0 Å². The van der Waals surface area contributed by atoms with Gasteiger partial charge in [0.2, 0.25) is 3.79 Å². The first-order valence-corrected chi connectivity index (χ1v) is 4.06. The summed E-state index contributed by atoms with van der Waals surface area (Å²) in [6.45, 7) is 0. The molecule has 0 unspecified atom stereocenters. The average molecular weight is 232 g/mol. The SMILES string of the molecule is Clc1cnc(C(Cl)(Cl)Cl)cn1. The number of alkyl halides is 3. The van der Waals surface area contributed by atoms with Crippen LogP contribution in [-0.4, -0.2) is 9.97 Å². The third-order valence-electron chi connectivity index (χ3n) is 0.911. The molecule has 0 amide bonds. The van der Waals surface area contributed by atoms with Gasteiger partial charge in [-0.1, -0.05) is 46.4 Å². The Morgan fingerprint density at radius 3 is 2.09 bits per heavy atom. The molecule has 0 atom stereocenters.